The zero-order chi connectivity index (χ0) is 30.2. The Morgan fingerprint density at radius 3 is 1.91 bits per heavy atom. The topological polar surface area (TPSA) is 15.8 Å². The second kappa shape index (κ2) is 9.81. The normalized spacial score (nSPS) is 12.7. The molecule has 0 saturated heterocycles. The average molecular weight is 576 g/mol. The molecule has 0 aliphatic heterocycles. The zero-order valence-corrected chi connectivity index (χ0v) is 25.8. The maximum absolute atomic E-state index is 3.72. The highest BCUT2D eigenvalue weighted by molar-refractivity contribution is 6.25. The van der Waals surface area contributed by atoms with E-state index in [-0.39, 0.29) is 5.92 Å². The highest BCUT2D eigenvalue weighted by atomic mass is 14.7. The van der Waals surface area contributed by atoms with Crippen LogP contribution in [0.25, 0.3) is 86.4 Å². The Morgan fingerprint density at radius 2 is 1.04 bits per heavy atom. The van der Waals surface area contributed by atoms with Crippen molar-refractivity contribution in [2.24, 2.45) is 0 Å². The molecule has 10 aromatic rings. The maximum atomic E-state index is 3.72. The largest absolute Gasteiger partial charge is 0.354 e. The molecule has 9 aromatic carbocycles. The van der Waals surface area contributed by atoms with Crippen LogP contribution in [-0.2, 0) is 0 Å². The number of aromatic nitrogens is 1. The van der Waals surface area contributed by atoms with Crippen LogP contribution in [0.5, 0.6) is 0 Å². The van der Waals surface area contributed by atoms with E-state index in [0.717, 1.165) is 0 Å². The van der Waals surface area contributed by atoms with Crippen molar-refractivity contribution in [2.45, 2.75) is 26.7 Å². The molecule has 1 heteroatoms. The number of nitrogens with one attached hydrogen (secondary N) is 1. The van der Waals surface area contributed by atoms with Crippen LogP contribution >= 0.6 is 0 Å². The predicted molar refractivity (Wildman–Crippen MR) is 197 cm³/mol. The summed E-state index contributed by atoms with van der Waals surface area (Å²) in [5.74, 6) is 0.267. The molecule has 45 heavy (non-hydrogen) atoms. The third-order valence-corrected chi connectivity index (χ3v) is 9.99. The maximum Gasteiger partial charge on any atom is 0.0471 e. The lowest BCUT2D eigenvalue weighted by atomic mass is 9.85. The molecule has 0 radical (unpaired) electrons. The SMILES string of the molecule is CC.CC(c1ccc2c(ccc3[nH]c4cc5ccc6ccccc6c5cc4c32)c1)c1ccc2ccc3cccc4ccc1c2c34. The van der Waals surface area contributed by atoms with E-state index in [4.69, 9.17) is 0 Å². The Morgan fingerprint density at radius 1 is 0.400 bits per heavy atom. The summed E-state index contributed by atoms with van der Waals surface area (Å²) in [6, 6.07) is 50.0. The molecule has 0 aliphatic rings. The van der Waals surface area contributed by atoms with Crippen molar-refractivity contribution in [3.05, 3.63) is 145 Å². The van der Waals surface area contributed by atoms with E-state index in [9.17, 15) is 0 Å². The first-order valence-electron chi connectivity index (χ1n) is 16.2. The van der Waals surface area contributed by atoms with Crippen molar-refractivity contribution in [3.8, 4) is 0 Å². The molecule has 10 rings (SSSR count). The van der Waals surface area contributed by atoms with E-state index in [1.165, 1.54) is 97.6 Å². The third-order valence-electron chi connectivity index (χ3n) is 9.99. The summed E-state index contributed by atoms with van der Waals surface area (Å²) in [7, 11) is 0. The molecule has 1 aromatic heterocycles. The van der Waals surface area contributed by atoms with Crippen LogP contribution in [0.1, 0.15) is 37.8 Å². The molecular weight excluding hydrogens is 542 g/mol. The number of hydrogen-bond donors (Lipinski definition) is 1. The first-order valence-corrected chi connectivity index (χ1v) is 16.2. The Hall–Kier alpha value is -5.40. The van der Waals surface area contributed by atoms with Gasteiger partial charge in [-0.1, -0.05) is 136 Å². The fourth-order valence-corrected chi connectivity index (χ4v) is 7.84. The number of benzene rings is 9. The first kappa shape index (κ1) is 26.0. The summed E-state index contributed by atoms with van der Waals surface area (Å²) >= 11 is 0. The number of H-pyrrole nitrogens is 1. The van der Waals surface area contributed by atoms with Crippen LogP contribution in [0.4, 0.5) is 0 Å². The molecule has 0 fully saturated rings. The summed E-state index contributed by atoms with van der Waals surface area (Å²) in [5.41, 5.74) is 5.11. The number of aromatic amines is 1. The molecule has 214 valence electrons. The van der Waals surface area contributed by atoms with E-state index < -0.39 is 0 Å². The second-order valence-electron chi connectivity index (χ2n) is 12.2. The van der Waals surface area contributed by atoms with Gasteiger partial charge in [-0.15, -0.1) is 0 Å². The van der Waals surface area contributed by atoms with Crippen LogP contribution in [0.2, 0.25) is 0 Å². The number of rotatable bonds is 2. The van der Waals surface area contributed by atoms with Gasteiger partial charge >= 0.3 is 0 Å². The summed E-state index contributed by atoms with van der Waals surface area (Å²) < 4.78 is 0. The van der Waals surface area contributed by atoms with Gasteiger partial charge in [-0.25, -0.2) is 0 Å². The van der Waals surface area contributed by atoms with Crippen LogP contribution < -0.4 is 0 Å². The number of hydrogen-bond acceptors (Lipinski definition) is 0. The van der Waals surface area contributed by atoms with Gasteiger partial charge in [0.2, 0.25) is 0 Å². The van der Waals surface area contributed by atoms with Gasteiger partial charge in [0.1, 0.15) is 0 Å². The molecule has 0 aliphatic carbocycles. The summed E-state index contributed by atoms with van der Waals surface area (Å²) in [6.07, 6.45) is 0. The average Bonchev–Trinajstić information content (AvgIpc) is 3.48. The Kier molecular flexibility index (Phi) is 5.67. The van der Waals surface area contributed by atoms with E-state index >= 15 is 0 Å². The van der Waals surface area contributed by atoms with Crippen LogP contribution in [0.3, 0.4) is 0 Å². The third kappa shape index (κ3) is 3.74. The van der Waals surface area contributed by atoms with Crippen LogP contribution in [0, 0.1) is 0 Å². The molecule has 0 spiro atoms. The van der Waals surface area contributed by atoms with Crippen molar-refractivity contribution in [1.82, 2.24) is 4.98 Å². The molecule has 0 bridgehead atoms. The van der Waals surface area contributed by atoms with E-state index in [1.807, 2.05) is 13.8 Å². The molecule has 1 N–H and O–H groups in total. The van der Waals surface area contributed by atoms with Crippen molar-refractivity contribution in [2.75, 3.05) is 0 Å². The summed E-state index contributed by atoms with van der Waals surface area (Å²) in [4.78, 5) is 3.72. The molecule has 1 heterocycles. The minimum Gasteiger partial charge on any atom is -0.354 e. The lowest BCUT2D eigenvalue weighted by molar-refractivity contribution is 0.936. The molecule has 1 atom stereocenters. The van der Waals surface area contributed by atoms with Gasteiger partial charge in [0.15, 0.2) is 0 Å². The van der Waals surface area contributed by atoms with Gasteiger partial charge in [-0.2, -0.15) is 0 Å². The van der Waals surface area contributed by atoms with Gasteiger partial charge < -0.3 is 4.98 Å². The molecular formula is C44H33N. The second-order valence-corrected chi connectivity index (χ2v) is 12.2. The highest BCUT2D eigenvalue weighted by Gasteiger charge is 2.17. The molecule has 1 nitrogen and oxygen atoms in total. The van der Waals surface area contributed by atoms with Gasteiger partial charge in [0.05, 0.1) is 0 Å². The van der Waals surface area contributed by atoms with Gasteiger partial charge in [-0.05, 0) is 94.0 Å². The monoisotopic (exact) mass is 575 g/mol. The van der Waals surface area contributed by atoms with Crippen molar-refractivity contribution >= 4 is 86.4 Å². The summed E-state index contributed by atoms with van der Waals surface area (Å²) in [6.45, 7) is 6.36. The lowest BCUT2D eigenvalue weighted by Crippen LogP contribution is -1.98. The Balaban J connectivity index is 0.00000138. The predicted octanol–water partition coefficient (Wildman–Crippen LogP) is 12.9. The molecule has 1 unspecified atom stereocenters. The van der Waals surface area contributed by atoms with Crippen LogP contribution in [-0.4, -0.2) is 4.98 Å². The van der Waals surface area contributed by atoms with Crippen LogP contribution in [0.15, 0.2) is 133 Å². The molecule has 0 saturated carbocycles. The van der Waals surface area contributed by atoms with Crippen molar-refractivity contribution in [3.63, 3.8) is 0 Å². The van der Waals surface area contributed by atoms with E-state index in [1.54, 1.807) is 0 Å². The molecule has 0 amide bonds. The summed E-state index contributed by atoms with van der Waals surface area (Å²) in [5, 5.41) is 18.4. The quantitative estimate of drug-likeness (QED) is 0.197. The number of fused-ring (bicyclic) bond motifs is 8. The standard InChI is InChI=1S/C42H27N.C2H6/c1-24(32-17-13-28-11-10-26-6-4-7-27-14-19-35(32)41(28)40(26)27)29-15-18-34-30(21-29)16-20-38-42(34)37-23-36-31(22-39(37)43-38)12-9-25-5-2-3-8-33(25)36;1-2/h2-24,43H,1H3;1-2H3. The minimum atomic E-state index is 0.267. The van der Waals surface area contributed by atoms with Crippen molar-refractivity contribution in [1.29, 1.82) is 0 Å². The first-order chi connectivity index (χ1) is 22.2. The van der Waals surface area contributed by atoms with Crippen molar-refractivity contribution < 1.29 is 0 Å². The van der Waals surface area contributed by atoms with Gasteiger partial charge in [-0.3, -0.25) is 0 Å². The zero-order valence-electron chi connectivity index (χ0n) is 25.8. The fraction of sp³-hybridized carbons (Fsp3) is 0.0909. The fourth-order valence-electron chi connectivity index (χ4n) is 7.84. The smallest absolute Gasteiger partial charge is 0.0471 e. The van der Waals surface area contributed by atoms with E-state index in [0.29, 0.717) is 0 Å². The lowest BCUT2D eigenvalue weighted by Gasteiger charge is -2.19. The Bertz CT molecular complexity index is 2730. The minimum absolute atomic E-state index is 0.267. The highest BCUT2D eigenvalue weighted by Crippen LogP contribution is 2.41. The Labute approximate surface area is 262 Å². The van der Waals surface area contributed by atoms with Gasteiger partial charge in [0, 0.05) is 27.7 Å². The van der Waals surface area contributed by atoms with E-state index in [2.05, 4.69) is 145 Å². The van der Waals surface area contributed by atoms with Gasteiger partial charge in [0.25, 0.3) is 0 Å².